The highest BCUT2D eigenvalue weighted by Crippen LogP contribution is 2.05. The molecule has 1 aromatic carbocycles. The molecule has 10 heavy (non-hydrogen) atoms. The smallest absolute Gasteiger partial charge is 0.123 e. The summed E-state index contributed by atoms with van der Waals surface area (Å²) >= 11 is 8.68. The van der Waals surface area contributed by atoms with Gasteiger partial charge in [0.05, 0.1) is 4.20 Å². The van der Waals surface area contributed by atoms with Crippen molar-refractivity contribution in [2.45, 2.75) is 0 Å². The summed E-state index contributed by atoms with van der Waals surface area (Å²) in [6, 6.07) is 5.92. The quantitative estimate of drug-likeness (QED) is 0.501. The lowest BCUT2D eigenvalue weighted by atomic mass is 10.2. The van der Waals surface area contributed by atoms with Crippen LogP contribution in [0.3, 0.4) is 0 Å². The lowest BCUT2D eigenvalue weighted by Crippen LogP contribution is -1.85. The Labute approximate surface area is 69.5 Å². The van der Waals surface area contributed by atoms with Crippen LogP contribution in [0.4, 0.5) is 4.39 Å². The first-order valence-corrected chi connectivity index (χ1v) is 3.54. The Hall–Kier alpha value is -0.410. The second kappa shape index (κ2) is 3.12. The molecular weight excluding hydrogens is 167 g/mol. The molecule has 3 heteroatoms. The highest BCUT2D eigenvalue weighted by molar-refractivity contribution is 8.11. The highest BCUT2D eigenvalue weighted by Gasteiger charge is 1.94. The van der Waals surface area contributed by atoms with Gasteiger partial charge in [0.25, 0.3) is 0 Å². The van der Waals surface area contributed by atoms with Gasteiger partial charge in [-0.15, -0.1) is 12.6 Å². The first-order chi connectivity index (χ1) is 4.70. The normalized spacial score (nSPS) is 9.40. The lowest BCUT2D eigenvalue weighted by Gasteiger charge is -1.93. The molecule has 0 saturated carbocycles. The molecule has 0 amide bonds. The van der Waals surface area contributed by atoms with Gasteiger partial charge in [0.15, 0.2) is 0 Å². The predicted molar refractivity (Wildman–Crippen MR) is 47.1 cm³/mol. The average Bonchev–Trinajstić information content (AvgIpc) is 1.88. The van der Waals surface area contributed by atoms with E-state index in [2.05, 4.69) is 12.6 Å². The number of halogens is 1. The van der Waals surface area contributed by atoms with Gasteiger partial charge in [0.1, 0.15) is 5.82 Å². The van der Waals surface area contributed by atoms with E-state index in [0.29, 0.717) is 4.20 Å². The van der Waals surface area contributed by atoms with Crippen molar-refractivity contribution >= 4 is 29.0 Å². The number of hydrogen-bond donors (Lipinski definition) is 1. The Balaban J connectivity index is 3.00. The van der Waals surface area contributed by atoms with Gasteiger partial charge in [0.2, 0.25) is 0 Å². The molecule has 0 aliphatic carbocycles. The maximum atomic E-state index is 12.3. The Kier molecular flexibility index (Phi) is 2.40. The standard InChI is InChI=1S/C7H5FS2/c8-6-3-1-5(2-4-6)7(9)10/h1-4H,(H,9,10). The van der Waals surface area contributed by atoms with E-state index < -0.39 is 0 Å². The molecular formula is C7H5FS2. The number of rotatable bonds is 1. The fourth-order valence-electron chi connectivity index (χ4n) is 0.592. The van der Waals surface area contributed by atoms with Crippen molar-refractivity contribution < 1.29 is 4.39 Å². The third-order valence-corrected chi connectivity index (χ3v) is 1.59. The Morgan fingerprint density at radius 1 is 1.30 bits per heavy atom. The summed E-state index contributed by atoms with van der Waals surface area (Å²) in [5, 5.41) is 0. The van der Waals surface area contributed by atoms with Crippen molar-refractivity contribution in [1.29, 1.82) is 0 Å². The van der Waals surface area contributed by atoms with Gasteiger partial charge in [-0.25, -0.2) is 4.39 Å². The maximum absolute atomic E-state index is 12.3. The molecule has 0 heterocycles. The average molecular weight is 172 g/mol. The van der Waals surface area contributed by atoms with Gasteiger partial charge < -0.3 is 0 Å². The summed E-state index contributed by atoms with van der Waals surface area (Å²) in [6.07, 6.45) is 0. The van der Waals surface area contributed by atoms with E-state index in [0.717, 1.165) is 5.56 Å². The van der Waals surface area contributed by atoms with Crippen molar-refractivity contribution in [2.75, 3.05) is 0 Å². The predicted octanol–water partition coefficient (Wildman–Crippen LogP) is 2.43. The second-order valence-corrected chi connectivity index (χ2v) is 2.97. The third-order valence-electron chi connectivity index (χ3n) is 1.09. The Morgan fingerprint density at radius 3 is 2.20 bits per heavy atom. The molecule has 0 aliphatic heterocycles. The Bertz CT molecular complexity index is 240. The zero-order valence-corrected chi connectivity index (χ0v) is 6.75. The summed E-state index contributed by atoms with van der Waals surface area (Å²) in [6.45, 7) is 0. The minimum absolute atomic E-state index is 0.256. The van der Waals surface area contributed by atoms with E-state index in [1.165, 1.54) is 12.1 Å². The van der Waals surface area contributed by atoms with Gasteiger partial charge in [-0.2, -0.15) is 0 Å². The number of benzene rings is 1. The third kappa shape index (κ3) is 1.78. The van der Waals surface area contributed by atoms with Gasteiger partial charge in [-0.1, -0.05) is 24.4 Å². The summed E-state index contributed by atoms with van der Waals surface area (Å²) < 4.78 is 12.8. The summed E-state index contributed by atoms with van der Waals surface area (Å²) in [4.78, 5) is 0. The van der Waals surface area contributed by atoms with Gasteiger partial charge in [-0.05, 0) is 17.7 Å². The SMILES string of the molecule is Fc1ccc(C(=S)S)cc1. The maximum Gasteiger partial charge on any atom is 0.123 e. The van der Waals surface area contributed by atoms with Crippen LogP contribution in [0.15, 0.2) is 24.3 Å². The zero-order valence-electron chi connectivity index (χ0n) is 5.04. The molecule has 0 N–H and O–H groups in total. The first kappa shape index (κ1) is 7.69. The topological polar surface area (TPSA) is 0 Å². The molecule has 0 nitrogen and oxygen atoms in total. The van der Waals surface area contributed by atoms with Crippen molar-refractivity contribution in [3.63, 3.8) is 0 Å². The molecule has 0 aromatic heterocycles. The van der Waals surface area contributed by atoms with Crippen molar-refractivity contribution in [2.24, 2.45) is 0 Å². The van der Waals surface area contributed by atoms with Crippen LogP contribution in [0.2, 0.25) is 0 Å². The monoisotopic (exact) mass is 172 g/mol. The van der Waals surface area contributed by atoms with Crippen molar-refractivity contribution in [3.8, 4) is 0 Å². The molecule has 1 aromatic rings. The van der Waals surface area contributed by atoms with Crippen LogP contribution in [-0.4, -0.2) is 4.20 Å². The van der Waals surface area contributed by atoms with Gasteiger partial charge in [0, 0.05) is 0 Å². The van der Waals surface area contributed by atoms with Gasteiger partial charge >= 0.3 is 0 Å². The molecule has 52 valence electrons. The fraction of sp³-hybridized carbons (Fsp3) is 0. The number of hydrogen-bond acceptors (Lipinski definition) is 1. The minimum atomic E-state index is -0.256. The molecule has 0 unspecified atom stereocenters. The lowest BCUT2D eigenvalue weighted by molar-refractivity contribution is 0.628. The van der Waals surface area contributed by atoms with E-state index >= 15 is 0 Å². The number of thiocarbonyl (C=S) groups is 1. The summed E-state index contributed by atoms with van der Waals surface area (Å²) in [5.74, 6) is -0.256. The van der Waals surface area contributed by atoms with E-state index in [9.17, 15) is 4.39 Å². The van der Waals surface area contributed by atoms with Crippen molar-refractivity contribution in [3.05, 3.63) is 35.6 Å². The van der Waals surface area contributed by atoms with E-state index in [1.807, 2.05) is 0 Å². The van der Waals surface area contributed by atoms with E-state index in [1.54, 1.807) is 12.1 Å². The molecule has 0 aliphatic rings. The second-order valence-electron chi connectivity index (χ2n) is 1.81. The minimum Gasteiger partial charge on any atom is -0.207 e. The van der Waals surface area contributed by atoms with Crippen LogP contribution >= 0.6 is 24.8 Å². The highest BCUT2D eigenvalue weighted by atomic mass is 32.1. The fourth-order valence-corrected chi connectivity index (χ4v) is 0.878. The van der Waals surface area contributed by atoms with Gasteiger partial charge in [-0.3, -0.25) is 0 Å². The van der Waals surface area contributed by atoms with Crippen LogP contribution in [-0.2, 0) is 0 Å². The van der Waals surface area contributed by atoms with Crippen LogP contribution in [0.25, 0.3) is 0 Å². The van der Waals surface area contributed by atoms with Crippen LogP contribution in [0, 0.1) is 5.82 Å². The molecule has 0 fully saturated rings. The summed E-state index contributed by atoms with van der Waals surface area (Å²) in [5.41, 5.74) is 0.778. The van der Waals surface area contributed by atoms with Crippen LogP contribution in [0.5, 0.6) is 0 Å². The van der Waals surface area contributed by atoms with Crippen LogP contribution < -0.4 is 0 Å². The Morgan fingerprint density at radius 2 is 1.80 bits per heavy atom. The van der Waals surface area contributed by atoms with Crippen molar-refractivity contribution in [1.82, 2.24) is 0 Å². The molecule has 0 atom stereocenters. The summed E-state index contributed by atoms with van der Waals surface area (Å²) in [7, 11) is 0. The largest absolute Gasteiger partial charge is 0.207 e. The molecule has 0 saturated heterocycles. The van der Waals surface area contributed by atoms with Crippen LogP contribution in [0.1, 0.15) is 5.56 Å². The first-order valence-electron chi connectivity index (χ1n) is 2.69. The van der Waals surface area contributed by atoms with E-state index in [4.69, 9.17) is 12.2 Å². The zero-order chi connectivity index (χ0) is 7.56. The molecule has 0 spiro atoms. The number of thiol groups is 1. The molecule has 0 radical (unpaired) electrons. The molecule has 0 bridgehead atoms. The van der Waals surface area contributed by atoms with E-state index in [-0.39, 0.29) is 5.82 Å². The molecule has 1 rings (SSSR count).